The van der Waals surface area contributed by atoms with Gasteiger partial charge >= 0.3 is 0 Å². The first-order valence-electron chi connectivity index (χ1n) is 9.32. The molecule has 1 aromatic heterocycles. The fourth-order valence-electron chi connectivity index (χ4n) is 3.79. The van der Waals surface area contributed by atoms with E-state index in [0.717, 1.165) is 24.2 Å². The first-order valence-corrected chi connectivity index (χ1v) is 9.32. The van der Waals surface area contributed by atoms with Gasteiger partial charge in [-0.3, -0.25) is 4.98 Å². The smallest absolute Gasteiger partial charge is 0.0714 e. The fraction of sp³-hybridized carbons (Fsp3) is 0.160. The Morgan fingerprint density at radius 1 is 0.808 bits per heavy atom. The largest absolute Gasteiger partial charge is 0.252 e. The Balaban J connectivity index is 1.94. The monoisotopic (exact) mass is 337 g/mol. The molecule has 26 heavy (non-hydrogen) atoms. The van der Waals surface area contributed by atoms with Gasteiger partial charge in [-0.2, -0.15) is 0 Å². The van der Waals surface area contributed by atoms with Gasteiger partial charge in [-0.05, 0) is 41.3 Å². The molecule has 0 saturated carbocycles. The van der Waals surface area contributed by atoms with Gasteiger partial charge in [0.25, 0.3) is 0 Å². The highest BCUT2D eigenvalue weighted by molar-refractivity contribution is 5.96. The fourth-order valence-corrected chi connectivity index (χ4v) is 3.79. The van der Waals surface area contributed by atoms with E-state index in [1.165, 1.54) is 33.0 Å². The molecule has 0 bridgehead atoms. The summed E-state index contributed by atoms with van der Waals surface area (Å²) in [6.07, 6.45) is 2.18. The maximum absolute atomic E-state index is 5.01. The molecule has 3 aromatic carbocycles. The SMILES string of the molecule is CCCc1cc(-c2cccc3ccccc23)nc(C)c1-c1ccccc1. The second-order valence-corrected chi connectivity index (χ2v) is 6.77. The molecule has 0 amide bonds. The van der Waals surface area contributed by atoms with Crippen molar-refractivity contribution in [3.05, 3.63) is 90.1 Å². The maximum Gasteiger partial charge on any atom is 0.0714 e. The number of nitrogens with zero attached hydrogens (tertiary/aromatic N) is 1. The van der Waals surface area contributed by atoms with Crippen LogP contribution < -0.4 is 0 Å². The standard InChI is InChI=1S/C25H23N/c1-3-10-21-17-24(23-16-9-14-19-11-7-8-15-22(19)23)26-18(2)25(21)20-12-5-4-6-13-20/h4-9,11-17H,3,10H2,1-2H3. The van der Waals surface area contributed by atoms with E-state index >= 15 is 0 Å². The summed E-state index contributed by atoms with van der Waals surface area (Å²) in [6, 6.07) is 27.9. The summed E-state index contributed by atoms with van der Waals surface area (Å²) in [5, 5.41) is 2.52. The van der Waals surface area contributed by atoms with Crippen LogP contribution in [-0.2, 0) is 6.42 Å². The number of fused-ring (bicyclic) bond motifs is 1. The third-order valence-electron chi connectivity index (χ3n) is 4.93. The second-order valence-electron chi connectivity index (χ2n) is 6.77. The first kappa shape index (κ1) is 16.5. The van der Waals surface area contributed by atoms with Gasteiger partial charge in [-0.15, -0.1) is 0 Å². The van der Waals surface area contributed by atoms with Gasteiger partial charge in [-0.25, -0.2) is 0 Å². The summed E-state index contributed by atoms with van der Waals surface area (Å²) in [4.78, 5) is 5.01. The molecule has 0 fully saturated rings. The lowest BCUT2D eigenvalue weighted by atomic mass is 9.93. The molecule has 1 nitrogen and oxygen atoms in total. The van der Waals surface area contributed by atoms with Crippen molar-refractivity contribution >= 4 is 10.8 Å². The number of aromatic nitrogens is 1. The number of hydrogen-bond donors (Lipinski definition) is 0. The van der Waals surface area contributed by atoms with Gasteiger partial charge in [0.2, 0.25) is 0 Å². The lowest BCUT2D eigenvalue weighted by Crippen LogP contribution is -1.99. The van der Waals surface area contributed by atoms with Crippen molar-refractivity contribution in [3.8, 4) is 22.4 Å². The van der Waals surface area contributed by atoms with Crippen LogP contribution in [0.1, 0.15) is 24.6 Å². The van der Waals surface area contributed by atoms with Gasteiger partial charge in [0.1, 0.15) is 0 Å². The van der Waals surface area contributed by atoms with Crippen molar-refractivity contribution in [1.82, 2.24) is 4.98 Å². The Morgan fingerprint density at radius 3 is 2.35 bits per heavy atom. The Labute approximate surface area is 155 Å². The highest BCUT2D eigenvalue weighted by Gasteiger charge is 2.13. The van der Waals surface area contributed by atoms with E-state index in [9.17, 15) is 0 Å². The van der Waals surface area contributed by atoms with Gasteiger partial charge in [0.05, 0.1) is 5.69 Å². The zero-order valence-electron chi connectivity index (χ0n) is 15.4. The molecular formula is C25H23N. The zero-order valence-corrected chi connectivity index (χ0v) is 15.4. The van der Waals surface area contributed by atoms with Crippen LogP contribution in [0.4, 0.5) is 0 Å². The van der Waals surface area contributed by atoms with E-state index < -0.39 is 0 Å². The van der Waals surface area contributed by atoms with Crippen LogP contribution in [0.15, 0.2) is 78.9 Å². The molecule has 1 heteroatoms. The van der Waals surface area contributed by atoms with Crippen molar-refractivity contribution in [3.63, 3.8) is 0 Å². The summed E-state index contributed by atoms with van der Waals surface area (Å²) in [5.74, 6) is 0. The van der Waals surface area contributed by atoms with E-state index in [0.29, 0.717) is 0 Å². The maximum atomic E-state index is 5.01. The van der Waals surface area contributed by atoms with E-state index in [-0.39, 0.29) is 0 Å². The topological polar surface area (TPSA) is 12.9 Å². The van der Waals surface area contributed by atoms with E-state index in [1.807, 2.05) is 0 Å². The van der Waals surface area contributed by atoms with Crippen LogP contribution >= 0.6 is 0 Å². The second kappa shape index (κ2) is 7.13. The minimum atomic E-state index is 1.06. The molecule has 0 atom stereocenters. The van der Waals surface area contributed by atoms with Gasteiger partial charge in [0.15, 0.2) is 0 Å². The lowest BCUT2D eigenvalue weighted by Gasteiger charge is -2.15. The molecule has 4 rings (SSSR count). The van der Waals surface area contributed by atoms with Gasteiger partial charge < -0.3 is 0 Å². The molecule has 0 saturated heterocycles. The molecule has 0 unspecified atom stereocenters. The third kappa shape index (κ3) is 3.01. The van der Waals surface area contributed by atoms with Crippen LogP contribution in [0.3, 0.4) is 0 Å². The van der Waals surface area contributed by atoms with Crippen molar-refractivity contribution in [2.75, 3.05) is 0 Å². The normalized spacial score (nSPS) is 11.0. The molecule has 128 valence electrons. The minimum absolute atomic E-state index is 1.06. The molecule has 0 aliphatic heterocycles. The highest BCUT2D eigenvalue weighted by atomic mass is 14.7. The van der Waals surface area contributed by atoms with Crippen LogP contribution in [-0.4, -0.2) is 4.98 Å². The molecular weight excluding hydrogens is 314 g/mol. The predicted octanol–water partition coefficient (Wildman–Crippen LogP) is 6.83. The average Bonchev–Trinajstić information content (AvgIpc) is 2.68. The molecule has 0 aliphatic rings. The first-order chi connectivity index (χ1) is 12.8. The van der Waals surface area contributed by atoms with Gasteiger partial charge in [-0.1, -0.05) is 86.1 Å². The molecule has 0 aliphatic carbocycles. The Hall–Kier alpha value is -2.93. The van der Waals surface area contributed by atoms with Crippen molar-refractivity contribution < 1.29 is 0 Å². The van der Waals surface area contributed by atoms with Crippen LogP contribution in [0.5, 0.6) is 0 Å². The van der Waals surface area contributed by atoms with Crippen LogP contribution in [0.2, 0.25) is 0 Å². The van der Waals surface area contributed by atoms with Crippen LogP contribution in [0.25, 0.3) is 33.2 Å². The number of hydrogen-bond acceptors (Lipinski definition) is 1. The summed E-state index contributed by atoms with van der Waals surface area (Å²) >= 11 is 0. The van der Waals surface area contributed by atoms with Crippen molar-refractivity contribution in [1.29, 1.82) is 0 Å². The summed E-state index contributed by atoms with van der Waals surface area (Å²) in [7, 11) is 0. The highest BCUT2D eigenvalue weighted by Crippen LogP contribution is 2.33. The van der Waals surface area contributed by atoms with E-state index in [2.05, 4.69) is 92.7 Å². The number of benzene rings is 3. The van der Waals surface area contributed by atoms with Crippen molar-refractivity contribution in [2.24, 2.45) is 0 Å². The predicted molar refractivity (Wildman–Crippen MR) is 111 cm³/mol. The van der Waals surface area contributed by atoms with E-state index in [4.69, 9.17) is 4.98 Å². The Kier molecular flexibility index (Phi) is 4.53. The Bertz CT molecular complexity index is 1040. The molecule has 0 radical (unpaired) electrons. The summed E-state index contributed by atoms with van der Waals surface area (Å²) < 4.78 is 0. The quantitative estimate of drug-likeness (QED) is 0.398. The molecule has 0 N–H and O–H groups in total. The molecule has 1 heterocycles. The summed E-state index contributed by atoms with van der Waals surface area (Å²) in [5.41, 5.74) is 7.31. The minimum Gasteiger partial charge on any atom is -0.252 e. The van der Waals surface area contributed by atoms with Crippen molar-refractivity contribution in [2.45, 2.75) is 26.7 Å². The van der Waals surface area contributed by atoms with E-state index in [1.54, 1.807) is 0 Å². The molecule has 4 aromatic rings. The van der Waals surface area contributed by atoms with Crippen LogP contribution in [0, 0.1) is 6.92 Å². The average molecular weight is 337 g/mol. The zero-order chi connectivity index (χ0) is 17.9. The molecule has 0 spiro atoms. The Morgan fingerprint density at radius 2 is 1.54 bits per heavy atom. The summed E-state index contributed by atoms with van der Waals surface area (Å²) in [6.45, 7) is 4.37. The van der Waals surface area contributed by atoms with Gasteiger partial charge in [0, 0.05) is 16.8 Å². The number of aryl methyl sites for hydroxylation is 2. The lowest BCUT2D eigenvalue weighted by molar-refractivity contribution is 0.917. The third-order valence-corrected chi connectivity index (χ3v) is 4.93. The number of rotatable bonds is 4. The number of pyridine rings is 1.